The predicted molar refractivity (Wildman–Crippen MR) is 422 cm³/mol. The highest BCUT2D eigenvalue weighted by atomic mass is 16.2. The zero-order chi connectivity index (χ0) is 69.2. The molecule has 0 aromatic heterocycles. The minimum atomic E-state index is -0.315. The van der Waals surface area contributed by atoms with Gasteiger partial charge in [-0.2, -0.15) is 0 Å². The highest BCUT2D eigenvalue weighted by Gasteiger charge is 2.48. The van der Waals surface area contributed by atoms with E-state index in [1.54, 1.807) is 0 Å². The first-order valence-corrected chi connectivity index (χ1v) is 35.8. The Hall–Kier alpha value is -12.2. The van der Waals surface area contributed by atoms with Gasteiger partial charge in [0, 0.05) is 56.0 Å². The average Bonchev–Trinajstić information content (AvgIpc) is 1.22. The van der Waals surface area contributed by atoms with Gasteiger partial charge in [0.1, 0.15) is 0 Å². The number of hydrogen-bond donors (Lipinski definition) is 0. The van der Waals surface area contributed by atoms with Gasteiger partial charge >= 0.3 is 0 Å². The number of imide groups is 2. The third-order valence-electron chi connectivity index (χ3n) is 24.0. The fraction of sp³-hybridized carbons (Fsp3) is 0.146. The molecule has 0 bridgehead atoms. The molecule has 8 aliphatic rings. The van der Waals surface area contributed by atoms with Crippen LogP contribution in [-0.4, -0.2) is 23.6 Å². The van der Waals surface area contributed by atoms with Gasteiger partial charge in [0.05, 0.1) is 11.4 Å². The van der Waals surface area contributed by atoms with Crippen LogP contribution >= 0.6 is 0 Å². The molecule has 0 saturated carbocycles. The summed E-state index contributed by atoms with van der Waals surface area (Å²) < 4.78 is 0. The first-order valence-electron chi connectivity index (χ1n) is 35.8. The number of amides is 4. The number of hydrogen-bond acceptors (Lipinski definition) is 4. The Kier molecular flexibility index (Phi) is 11.7. The fourth-order valence-electron chi connectivity index (χ4n) is 19.4. The van der Waals surface area contributed by atoms with Crippen molar-refractivity contribution in [3.8, 4) is 46.9 Å². The Bertz CT molecular complexity index is 6320. The molecule has 0 spiro atoms. The first kappa shape index (κ1) is 58.7. The van der Waals surface area contributed by atoms with Gasteiger partial charge in [-0.25, -0.2) is 9.80 Å². The molecule has 13 aromatic rings. The number of nitrogens with zero attached hydrogens (tertiary/aromatic N) is 2. The van der Waals surface area contributed by atoms with E-state index in [4.69, 9.17) is 12.8 Å². The van der Waals surface area contributed by atoms with Crippen LogP contribution in [0.25, 0.3) is 144 Å². The summed E-state index contributed by atoms with van der Waals surface area (Å²) in [7, 11) is 0. The normalized spacial score (nSPS) is 17.0. The monoisotopic (exact) mass is 1310 g/mol. The van der Waals surface area contributed by atoms with Crippen LogP contribution in [0.5, 0.6) is 0 Å². The van der Waals surface area contributed by atoms with Crippen molar-refractivity contribution >= 4 is 157 Å². The van der Waals surface area contributed by atoms with Crippen LogP contribution in [0, 0.1) is 36.5 Å². The van der Waals surface area contributed by atoms with E-state index in [2.05, 4.69) is 213 Å². The van der Waals surface area contributed by atoms with Crippen molar-refractivity contribution in [2.24, 2.45) is 11.8 Å². The van der Waals surface area contributed by atoms with E-state index in [0.29, 0.717) is 33.6 Å². The van der Waals surface area contributed by atoms with Gasteiger partial charge < -0.3 is 0 Å². The molecule has 6 aliphatic carbocycles. The molecule has 0 atom stereocenters. The minimum absolute atomic E-state index is 0.0126. The molecule has 482 valence electrons. The second-order valence-electron chi connectivity index (χ2n) is 30.6. The van der Waals surface area contributed by atoms with Crippen LogP contribution in [0.4, 0.5) is 11.4 Å². The molecule has 2 aliphatic heterocycles. The zero-order valence-electron chi connectivity index (χ0n) is 57.6. The minimum Gasteiger partial charge on any atom is -0.268 e. The molecule has 0 unspecified atom stereocenters. The van der Waals surface area contributed by atoms with Crippen molar-refractivity contribution in [3.05, 3.63) is 270 Å². The van der Waals surface area contributed by atoms with Gasteiger partial charge in [-0.05, 0) is 297 Å². The maximum atomic E-state index is 15.1. The lowest BCUT2D eigenvalue weighted by Gasteiger charge is -2.41. The summed E-state index contributed by atoms with van der Waals surface area (Å²) in [5.74, 6) is 4.63. The van der Waals surface area contributed by atoms with Crippen LogP contribution in [0.15, 0.2) is 170 Å². The maximum Gasteiger partial charge on any atom is 0.266 e. The fourth-order valence-corrected chi connectivity index (χ4v) is 19.4. The molecular formula is C96H64N2O4. The summed E-state index contributed by atoms with van der Waals surface area (Å²) in [4.78, 5) is 63.3. The molecule has 2 heterocycles. The highest BCUT2D eigenvalue weighted by Crippen LogP contribution is 2.64. The van der Waals surface area contributed by atoms with Gasteiger partial charge in [-0.15, -0.1) is 12.8 Å². The number of carbonyl (C=O) groups excluding carboxylic acids is 4. The van der Waals surface area contributed by atoms with E-state index in [-0.39, 0.29) is 59.1 Å². The van der Waals surface area contributed by atoms with Gasteiger partial charge in [0.2, 0.25) is 0 Å². The van der Waals surface area contributed by atoms with E-state index in [9.17, 15) is 0 Å². The van der Waals surface area contributed by atoms with E-state index in [1.165, 1.54) is 97.8 Å². The van der Waals surface area contributed by atoms with E-state index in [0.717, 1.165) is 110 Å². The molecule has 6 heteroatoms. The summed E-state index contributed by atoms with van der Waals surface area (Å²) >= 11 is 0. The number of terminal acetylenes is 2. The van der Waals surface area contributed by atoms with Crippen LogP contribution in [0.1, 0.15) is 198 Å². The summed E-state index contributed by atoms with van der Waals surface area (Å²) in [5.41, 5.74) is 27.7. The number of fused-ring (bicyclic) bond motifs is 14. The van der Waals surface area contributed by atoms with E-state index in [1.807, 2.05) is 48.5 Å². The van der Waals surface area contributed by atoms with Crippen molar-refractivity contribution in [1.29, 1.82) is 0 Å². The van der Waals surface area contributed by atoms with Gasteiger partial charge in [-0.3, -0.25) is 19.2 Å². The third-order valence-corrected chi connectivity index (χ3v) is 24.0. The molecular weight excluding hydrogens is 1250 g/mol. The molecule has 21 rings (SSSR count). The largest absolute Gasteiger partial charge is 0.268 e. The molecule has 0 N–H and O–H groups in total. The highest BCUT2D eigenvalue weighted by molar-refractivity contribution is 6.44. The second kappa shape index (κ2) is 20.3. The molecule has 0 saturated heterocycles. The standard InChI is InChI=1S/C96H64N2O4/c1-11-49-33-75(45(3)4)91(76(34-49)46(5)6)97-93(99)71-29-25-63-59-17-21-67-79-41-55-37-51-13-15-53-39-57-43-81-69-23-19-61-65-27-31-73-90-74(96(102)98(95(73)101)92-77(47(7)8)35-50(12-2)36-78(92)48(9)10)32-28-66(86(65)90)62-20-24-70(88(69)84(61)62)82(81)44-58(57)40-54(53)16-14-52(51)38-56(55)42-80(79)68-22-18-60(83(59)87(67)68)64-26-30-72(94(97)100)89(71)85(63)64/h1-2,13-48,83,87H,3-10H3. The maximum absolute atomic E-state index is 15.1. The molecule has 4 amide bonds. The quantitative estimate of drug-likeness (QED) is 0.0719. The number of rotatable bonds is 6. The second-order valence-corrected chi connectivity index (χ2v) is 30.6. The molecule has 6 nitrogen and oxygen atoms in total. The Morgan fingerprint density at radius 1 is 0.294 bits per heavy atom. The van der Waals surface area contributed by atoms with Crippen molar-refractivity contribution in [1.82, 2.24) is 0 Å². The summed E-state index contributed by atoms with van der Waals surface area (Å²) in [6.45, 7) is 16.7. The van der Waals surface area contributed by atoms with Crippen LogP contribution in [0.3, 0.4) is 0 Å². The zero-order valence-corrected chi connectivity index (χ0v) is 57.6. The lowest BCUT2D eigenvalue weighted by molar-refractivity contribution is 0.0877. The molecule has 0 radical (unpaired) electrons. The van der Waals surface area contributed by atoms with Crippen molar-refractivity contribution in [3.63, 3.8) is 0 Å². The van der Waals surface area contributed by atoms with Crippen LogP contribution in [-0.2, 0) is 0 Å². The lowest BCUT2D eigenvalue weighted by atomic mass is 9.62. The Labute approximate surface area is 590 Å². The summed E-state index contributed by atoms with van der Waals surface area (Å²) in [6, 6.07) is 52.2. The van der Waals surface area contributed by atoms with Crippen LogP contribution in [0.2, 0.25) is 0 Å². The van der Waals surface area contributed by atoms with Crippen LogP contribution < -0.4 is 9.80 Å². The third kappa shape index (κ3) is 7.45. The number of anilines is 2. The van der Waals surface area contributed by atoms with Gasteiger partial charge in [0.25, 0.3) is 23.6 Å². The smallest absolute Gasteiger partial charge is 0.266 e. The van der Waals surface area contributed by atoms with E-state index < -0.39 is 0 Å². The Morgan fingerprint density at radius 3 is 0.863 bits per heavy atom. The Morgan fingerprint density at radius 2 is 0.549 bits per heavy atom. The number of benzene rings is 13. The van der Waals surface area contributed by atoms with Crippen molar-refractivity contribution < 1.29 is 19.2 Å². The Balaban J connectivity index is 0.618. The van der Waals surface area contributed by atoms with Crippen molar-refractivity contribution in [2.75, 3.05) is 9.80 Å². The first-order chi connectivity index (χ1) is 49.5. The lowest BCUT2D eigenvalue weighted by Crippen LogP contribution is -2.42. The SMILES string of the molecule is C#Cc1cc(C(C)C)c(N2C(=O)c3ccc4c5c(ccc(c35)C2=O)C2=CC=C3c5cc6cc7c(cc6cc5C5=CC=C4C2C53)C=Cc2cc3cc4c(cc3cc2C=C7)-c2ccc3c5ccc6c7c(ccc(c8ccc-4c2c83)c75)C(=O)N(c2c(C(C)C)cc(C#C)cc2C(C)C)C6=O)c(C(C)C)c1. The predicted octanol–water partition coefficient (Wildman–Crippen LogP) is 23.1. The summed E-state index contributed by atoms with van der Waals surface area (Å²) in [5, 5.41) is 14.8. The molecule has 102 heavy (non-hydrogen) atoms. The van der Waals surface area contributed by atoms with Gasteiger partial charge in [-0.1, -0.05) is 164 Å². The molecule has 0 fully saturated rings. The average molecular weight is 1310 g/mol. The van der Waals surface area contributed by atoms with E-state index >= 15 is 19.2 Å². The molecule has 13 aromatic carbocycles. The number of allylic oxidation sites excluding steroid dienone is 8. The number of carbonyl (C=O) groups is 4. The van der Waals surface area contributed by atoms with Crippen molar-refractivity contribution in [2.45, 2.75) is 79.1 Å². The van der Waals surface area contributed by atoms with Gasteiger partial charge in [0.15, 0.2) is 0 Å². The summed E-state index contributed by atoms with van der Waals surface area (Å²) in [6.07, 6.45) is 30.4. The topological polar surface area (TPSA) is 74.8 Å².